The summed E-state index contributed by atoms with van der Waals surface area (Å²) in [7, 11) is 1.62. The summed E-state index contributed by atoms with van der Waals surface area (Å²) < 4.78 is 55.8. The SMILES string of the molecule is C[C@H](CO)N1C[C@H](C)[C@H](CN(C)C(=O)Nc2ccc3c(c2)OCO3)Oc2ccc(NC(=O)Nc3ccc(C(F)(F)F)cc3)cc2CC1=O. The zero-order chi connectivity index (χ0) is 34.6. The summed E-state index contributed by atoms with van der Waals surface area (Å²) in [5, 5.41) is 17.9. The molecule has 0 saturated carbocycles. The topological polar surface area (TPSA) is 142 Å². The third-order valence-corrected chi connectivity index (χ3v) is 8.07. The second-order valence-electron chi connectivity index (χ2n) is 11.7. The van der Waals surface area contributed by atoms with Crippen molar-refractivity contribution in [3.63, 3.8) is 0 Å². The molecule has 48 heavy (non-hydrogen) atoms. The summed E-state index contributed by atoms with van der Waals surface area (Å²) in [4.78, 5) is 42.4. The predicted molar refractivity (Wildman–Crippen MR) is 170 cm³/mol. The fraction of sp³-hybridized carbons (Fsp3) is 0.364. The third-order valence-electron chi connectivity index (χ3n) is 8.07. The van der Waals surface area contributed by atoms with Gasteiger partial charge in [-0.3, -0.25) is 4.79 Å². The zero-order valence-corrected chi connectivity index (χ0v) is 26.5. The Balaban J connectivity index is 1.32. The molecule has 12 nitrogen and oxygen atoms in total. The summed E-state index contributed by atoms with van der Waals surface area (Å²) >= 11 is 0. The number of nitrogens with zero attached hydrogens (tertiary/aromatic N) is 2. The summed E-state index contributed by atoms with van der Waals surface area (Å²) in [5.74, 6) is 0.935. The molecule has 0 spiro atoms. The number of rotatable bonds is 7. The van der Waals surface area contributed by atoms with E-state index < -0.39 is 35.9 Å². The highest BCUT2D eigenvalue weighted by Gasteiger charge is 2.32. The van der Waals surface area contributed by atoms with Gasteiger partial charge in [0, 0.05) is 48.2 Å². The van der Waals surface area contributed by atoms with E-state index in [0.29, 0.717) is 34.2 Å². The molecule has 2 aliphatic heterocycles. The van der Waals surface area contributed by atoms with Crippen LogP contribution in [-0.4, -0.2) is 78.6 Å². The smallest absolute Gasteiger partial charge is 0.416 e. The van der Waals surface area contributed by atoms with Crippen molar-refractivity contribution in [2.24, 2.45) is 5.92 Å². The van der Waals surface area contributed by atoms with Gasteiger partial charge in [-0.2, -0.15) is 13.2 Å². The van der Waals surface area contributed by atoms with Crippen molar-refractivity contribution in [2.75, 3.05) is 49.5 Å². The van der Waals surface area contributed by atoms with Crippen molar-refractivity contribution >= 4 is 35.0 Å². The first-order valence-electron chi connectivity index (χ1n) is 15.2. The number of aliphatic hydroxyl groups excluding tert-OH is 1. The monoisotopic (exact) mass is 671 g/mol. The Hall–Kier alpha value is -5.18. The van der Waals surface area contributed by atoms with E-state index in [0.717, 1.165) is 24.3 Å². The van der Waals surface area contributed by atoms with E-state index in [2.05, 4.69) is 16.0 Å². The maximum absolute atomic E-state index is 13.5. The molecule has 3 atom stereocenters. The van der Waals surface area contributed by atoms with Crippen LogP contribution in [0.2, 0.25) is 0 Å². The molecule has 0 fully saturated rings. The van der Waals surface area contributed by atoms with E-state index in [1.807, 2.05) is 6.92 Å². The first kappa shape index (κ1) is 34.2. The van der Waals surface area contributed by atoms with Gasteiger partial charge in [-0.15, -0.1) is 0 Å². The molecule has 3 aromatic rings. The molecule has 2 heterocycles. The van der Waals surface area contributed by atoms with Gasteiger partial charge in [-0.1, -0.05) is 6.92 Å². The highest BCUT2D eigenvalue weighted by molar-refractivity contribution is 6.00. The molecule has 4 N–H and O–H groups in total. The summed E-state index contributed by atoms with van der Waals surface area (Å²) in [5.41, 5.74) is 0.582. The summed E-state index contributed by atoms with van der Waals surface area (Å²) in [6.07, 6.45) is -5.19. The molecule has 0 unspecified atom stereocenters. The normalized spacial score (nSPS) is 18.0. The Kier molecular flexibility index (Phi) is 10.2. The van der Waals surface area contributed by atoms with Crippen LogP contribution >= 0.6 is 0 Å². The van der Waals surface area contributed by atoms with Crippen LogP contribution in [0.15, 0.2) is 60.7 Å². The highest BCUT2D eigenvalue weighted by atomic mass is 19.4. The van der Waals surface area contributed by atoms with Crippen LogP contribution in [0, 0.1) is 5.92 Å². The van der Waals surface area contributed by atoms with Crippen molar-refractivity contribution in [2.45, 2.75) is 38.6 Å². The number of alkyl halides is 3. The quantitative estimate of drug-likeness (QED) is 0.264. The molecule has 5 amide bonds. The molecule has 0 bridgehead atoms. The van der Waals surface area contributed by atoms with Crippen LogP contribution in [0.1, 0.15) is 25.0 Å². The van der Waals surface area contributed by atoms with Crippen molar-refractivity contribution in [3.8, 4) is 17.2 Å². The molecule has 15 heteroatoms. The maximum Gasteiger partial charge on any atom is 0.416 e. The minimum Gasteiger partial charge on any atom is -0.488 e. The Bertz CT molecular complexity index is 1650. The first-order valence-corrected chi connectivity index (χ1v) is 15.2. The van der Waals surface area contributed by atoms with Gasteiger partial charge in [0.15, 0.2) is 11.5 Å². The molecule has 0 aromatic heterocycles. The third kappa shape index (κ3) is 8.20. The average Bonchev–Trinajstić information content (AvgIpc) is 3.52. The van der Waals surface area contributed by atoms with Gasteiger partial charge in [0.05, 0.1) is 31.2 Å². The second-order valence-corrected chi connectivity index (χ2v) is 11.7. The number of urea groups is 2. The van der Waals surface area contributed by atoms with Gasteiger partial charge < -0.3 is 45.1 Å². The molecular formula is C33H36F3N5O7. The number of hydrogen-bond donors (Lipinski definition) is 4. The number of likely N-dealkylation sites (N-methyl/N-ethyl adjacent to an activating group) is 1. The van der Waals surface area contributed by atoms with Gasteiger partial charge >= 0.3 is 18.2 Å². The van der Waals surface area contributed by atoms with Crippen LogP contribution in [-0.2, 0) is 17.4 Å². The number of ether oxygens (including phenoxy) is 3. The first-order chi connectivity index (χ1) is 22.8. The number of carbonyl (C=O) groups excluding carboxylic acids is 3. The van der Waals surface area contributed by atoms with Gasteiger partial charge in [0.1, 0.15) is 11.9 Å². The number of anilines is 3. The van der Waals surface area contributed by atoms with E-state index in [-0.39, 0.29) is 50.4 Å². The predicted octanol–water partition coefficient (Wildman–Crippen LogP) is 5.39. The Labute approximate surface area is 274 Å². The number of hydrogen-bond acceptors (Lipinski definition) is 7. The molecule has 2 aliphatic rings. The lowest BCUT2D eigenvalue weighted by atomic mass is 10.0. The largest absolute Gasteiger partial charge is 0.488 e. The van der Waals surface area contributed by atoms with Crippen molar-refractivity contribution in [3.05, 3.63) is 71.8 Å². The average molecular weight is 672 g/mol. The van der Waals surface area contributed by atoms with Crippen molar-refractivity contribution < 1.29 is 46.9 Å². The number of carbonyl (C=O) groups is 3. The van der Waals surface area contributed by atoms with Crippen molar-refractivity contribution in [1.29, 1.82) is 0 Å². The van der Waals surface area contributed by atoms with E-state index in [1.165, 1.54) is 4.90 Å². The van der Waals surface area contributed by atoms with Crippen LogP contribution < -0.4 is 30.2 Å². The number of halogens is 3. The van der Waals surface area contributed by atoms with Crippen LogP contribution in [0.25, 0.3) is 0 Å². The summed E-state index contributed by atoms with van der Waals surface area (Å²) in [6.45, 7) is 3.85. The van der Waals surface area contributed by atoms with Crippen LogP contribution in [0.4, 0.5) is 39.8 Å². The fourth-order valence-electron chi connectivity index (χ4n) is 5.31. The lowest BCUT2D eigenvalue weighted by Gasteiger charge is -2.34. The molecule has 256 valence electrons. The molecule has 0 radical (unpaired) electrons. The lowest BCUT2D eigenvalue weighted by Crippen LogP contribution is -2.48. The second kappa shape index (κ2) is 14.3. The minimum atomic E-state index is -4.50. The molecule has 0 saturated heterocycles. The number of aliphatic hydroxyl groups is 1. The number of benzene rings is 3. The van der Waals surface area contributed by atoms with Gasteiger partial charge in [0.25, 0.3) is 0 Å². The molecular weight excluding hydrogens is 635 g/mol. The van der Waals surface area contributed by atoms with E-state index in [9.17, 15) is 32.7 Å². The van der Waals surface area contributed by atoms with E-state index in [1.54, 1.807) is 55.3 Å². The Morgan fingerprint density at radius 1 is 0.958 bits per heavy atom. The number of amides is 5. The Morgan fingerprint density at radius 2 is 1.58 bits per heavy atom. The standard InChI is InChI=1S/C33H36F3N5O7/c1-19-15-41(20(2)17-42)30(43)13-21-12-24(38-31(44)37-23-6-4-22(5-7-23)33(34,35)36)8-10-26(21)48-29(19)16-40(3)32(45)39-25-9-11-27-28(14-25)47-18-46-27/h4-12,14,19-20,29,42H,13,15-18H2,1-3H3,(H,39,45)(H2,37,38,44)/t19-,20+,29-/m0/s1. The minimum absolute atomic E-state index is 0.102. The summed E-state index contributed by atoms with van der Waals surface area (Å²) in [6, 6.07) is 12.2. The molecule has 5 rings (SSSR count). The molecule has 0 aliphatic carbocycles. The van der Waals surface area contributed by atoms with Gasteiger partial charge in [-0.25, -0.2) is 9.59 Å². The molecule has 3 aromatic carbocycles. The van der Waals surface area contributed by atoms with E-state index in [4.69, 9.17) is 14.2 Å². The lowest BCUT2D eigenvalue weighted by molar-refractivity contribution is -0.137. The number of fused-ring (bicyclic) bond motifs is 2. The van der Waals surface area contributed by atoms with Crippen molar-refractivity contribution in [1.82, 2.24) is 9.80 Å². The van der Waals surface area contributed by atoms with Crippen LogP contribution in [0.5, 0.6) is 17.2 Å². The highest BCUT2D eigenvalue weighted by Crippen LogP contribution is 2.35. The van der Waals surface area contributed by atoms with Gasteiger partial charge in [0.2, 0.25) is 12.7 Å². The van der Waals surface area contributed by atoms with Gasteiger partial charge in [-0.05, 0) is 61.5 Å². The van der Waals surface area contributed by atoms with Crippen LogP contribution in [0.3, 0.4) is 0 Å². The Morgan fingerprint density at radius 3 is 2.27 bits per heavy atom. The zero-order valence-electron chi connectivity index (χ0n) is 26.5. The van der Waals surface area contributed by atoms with E-state index >= 15 is 0 Å². The fourth-order valence-corrected chi connectivity index (χ4v) is 5.31. The number of nitrogens with one attached hydrogen (secondary N) is 3. The maximum atomic E-state index is 13.5.